The first kappa shape index (κ1) is 14.5. The summed E-state index contributed by atoms with van der Waals surface area (Å²) in [6.45, 7) is 0.602. The fourth-order valence-electron chi connectivity index (χ4n) is 1.56. The van der Waals surface area contributed by atoms with Gasteiger partial charge in [-0.25, -0.2) is 9.78 Å². The molecule has 7 heteroatoms. The highest BCUT2D eigenvalue weighted by atomic mass is 127. The highest BCUT2D eigenvalue weighted by molar-refractivity contribution is 14.1. The summed E-state index contributed by atoms with van der Waals surface area (Å²) in [6, 6.07) is 6.21. The van der Waals surface area contributed by atoms with Crippen molar-refractivity contribution < 1.29 is 14.6 Å². The van der Waals surface area contributed by atoms with E-state index in [0.29, 0.717) is 15.9 Å². The topological polar surface area (TPSA) is 81.4 Å². The Hall–Kier alpha value is -1.90. The van der Waals surface area contributed by atoms with Gasteiger partial charge in [-0.3, -0.25) is 9.36 Å². The molecule has 0 atom stereocenters. The maximum absolute atomic E-state index is 11.7. The van der Waals surface area contributed by atoms with Crippen LogP contribution in [0, 0.1) is 3.57 Å². The van der Waals surface area contributed by atoms with Gasteiger partial charge in [0.15, 0.2) is 0 Å². The zero-order valence-electron chi connectivity index (χ0n) is 10.3. The van der Waals surface area contributed by atoms with Crippen LogP contribution >= 0.6 is 22.6 Å². The summed E-state index contributed by atoms with van der Waals surface area (Å²) in [7, 11) is 0. The Morgan fingerprint density at radius 3 is 3.00 bits per heavy atom. The van der Waals surface area contributed by atoms with Crippen LogP contribution in [-0.4, -0.2) is 27.2 Å². The second kappa shape index (κ2) is 6.51. The van der Waals surface area contributed by atoms with E-state index in [2.05, 4.69) is 4.98 Å². The van der Waals surface area contributed by atoms with Crippen LogP contribution in [0.15, 0.2) is 41.6 Å². The van der Waals surface area contributed by atoms with Crippen molar-refractivity contribution in [2.45, 2.75) is 6.54 Å². The minimum absolute atomic E-state index is 0.122. The Morgan fingerprint density at radius 1 is 1.45 bits per heavy atom. The number of benzene rings is 1. The van der Waals surface area contributed by atoms with Crippen LogP contribution in [0.25, 0.3) is 0 Å². The van der Waals surface area contributed by atoms with Crippen LogP contribution in [0.5, 0.6) is 5.75 Å². The number of carboxylic acids is 1. The van der Waals surface area contributed by atoms with Crippen LogP contribution < -0.4 is 10.3 Å². The van der Waals surface area contributed by atoms with Crippen LogP contribution in [0.3, 0.4) is 0 Å². The number of rotatable bonds is 5. The van der Waals surface area contributed by atoms with E-state index in [4.69, 9.17) is 9.84 Å². The van der Waals surface area contributed by atoms with E-state index in [1.165, 1.54) is 29.2 Å². The first-order valence-corrected chi connectivity index (χ1v) is 6.82. The van der Waals surface area contributed by atoms with Crippen molar-refractivity contribution in [1.29, 1.82) is 0 Å². The standard InChI is InChI=1S/C13H11IN2O4/c14-11-7-15-8-16(12(11)17)4-5-20-10-3-1-2-9(6-10)13(18)19/h1-3,6-8H,4-5H2,(H,18,19). The molecule has 0 saturated carbocycles. The van der Waals surface area contributed by atoms with Crippen molar-refractivity contribution >= 4 is 28.6 Å². The molecule has 0 spiro atoms. The lowest BCUT2D eigenvalue weighted by Crippen LogP contribution is -2.25. The molecule has 6 nitrogen and oxygen atoms in total. The molecule has 1 N–H and O–H groups in total. The van der Waals surface area contributed by atoms with E-state index in [-0.39, 0.29) is 17.7 Å². The molecule has 0 unspecified atom stereocenters. The zero-order valence-corrected chi connectivity index (χ0v) is 12.5. The lowest BCUT2D eigenvalue weighted by Gasteiger charge is -2.08. The molecule has 0 radical (unpaired) electrons. The molecule has 1 aromatic heterocycles. The molecular weight excluding hydrogens is 375 g/mol. The van der Waals surface area contributed by atoms with Gasteiger partial charge in [-0.05, 0) is 40.8 Å². The molecule has 0 saturated heterocycles. The number of carboxylic acid groups (broad SMARTS) is 1. The highest BCUT2D eigenvalue weighted by Crippen LogP contribution is 2.13. The van der Waals surface area contributed by atoms with Gasteiger partial charge in [0.25, 0.3) is 5.56 Å². The van der Waals surface area contributed by atoms with Gasteiger partial charge >= 0.3 is 5.97 Å². The summed E-state index contributed by atoms with van der Waals surface area (Å²) in [5.74, 6) is -0.551. The van der Waals surface area contributed by atoms with Crippen molar-refractivity contribution in [1.82, 2.24) is 9.55 Å². The number of hydrogen-bond acceptors (Lipinski definition) is 4. The molecule has 0 amide bonds. The summed E-state index contributed by atoms with van der Waals surface area (Å²) >= 11 is 1.92. The summed E-state index contributed by atoms with van der Waals surface area (Å²) in [4.78, 5) is 26.5. The van der Waals surface area contributed by atoms with Crippen LogP contribution in [0.1, 0.15) is 10.4 Å². The molecule has 0 aliphatic heterocycles. The third-order valence-electron chi connectivity index (χ3n) is 2.54. The lowest BCUT2D eigenvalue weighted by molar-refractivity contribution is 0.0696. The maximum atomic E-state index is 11.7. The Balaban J connectivity index is 1.99. The summed E-state index contributed by atoms with van der Waals surface area (Å²) in [6.07, 6.45) is 2.94. The molecular formula is C13H11IN2O4. The minimum atomic E-state index is -1.01. The van der Waals surface area contributed by atoms with Gasteiger partial charge in [-0.15, -0.1) is 0 Å². The fraction of sp³-hybridized carbons (Fsp3) is 0.154. The molecule has 1 heterocycles. The van der Waals surface area contributed by atoms with E-state index >= 15 is 0 Å². The average Bonchev–Trinajstić information content (AvgIpc) is 2.44. The average molecular weight is 386 g/mol. The third kappa shape index (κ3) is 3.56. The Morgan fingerprint density at radius 2 is 2.25 bits per heavy atom. The molecule has 0 bridgehead atoms. The third-order valence-corrected chi connectivity index (χ3v) is 3.28. The van der Waals surface area contributed by atoms with Gasteiger partial charge in [-0.2, -0.15) is 0 Å². The number of ether oxygens (including phenoxy) is 1. The first-order chi connectivity index (χ1) is 9.58. The van der Waals surface area contributed by atoms with Gasteiger partial charge in [0, 0.05) is 6.20 Å². The van der Waals surface area contributed by atoms with Crippen LogP contribution in [0.2, 0.25) is 0 Å². The SMILES string of the molecule is O=C(O)c1cccc(OCCn2cncc(I)c2=O)c1. The molecule has 20 heavy (non-hydrogen) atoms. The van der Waals surface area contributed by atoms with Crippen molar-refractivity contribution in [2.24, 2.45) is 0 Å². The molecule has 0 aliphatic carbocycles. The quantitative estimate of drug-likeness (QED) is 0.791. The predicted octanol–water partition coefficient (Wildman–Crippen LogP) is 1.63. The van der Waals surface area contributed by atoms with E-state index in [1.54, 1.807) is 12.1 Å². The van der Waals surface area contributed by atoms with Gasteiger partial charge in [0.2, 0.25) is 0 Å². The number of halogens is 1. The molecule has 1 aromatic carbocycles. The number of carbonyl (C=O) groups is 1. The van der Waals surface area contributed by atoms with Crippen LogP contribution in [0.4, 0.5) is 0 Å². The van der Waals surface area contributed by atoms with E-state index in [9.17, 15) is 9.59 Å². The fourth-order valence-corrected chi connectivity index (χ4v) is 2.03. The van der Waals surface area contributed by atoms with Crippen molar-refractivity contribution in [3.8, 4) is 5.75 Å². The summed E-state index contributed by atoms with van der Waals surface area (Å²) < 4.78 is 7.43. The lowest BCUT2D eigenvalue weighted by atomic mass is 10.2. The second-order valence-corrected chi connectivity index (χ2v) is 5.08. The molecule has 2 aromatic rings. The van der Waals surface area contributed by atoms with Crippen molar-refractivity contribution in [3.63, 3.8) is 0 Å². The molecule has 0 fully saturated rings. The maximum Gasteiger partial charge on any atom is 0.335 e. The Bertz CT molecular complexity index is 684. The largest absolute Gasteiger partial charge is 0.492 e. The van der Waals surface area contributed by atoms with Gasteiger partial charge < -0.3 is 9.84 Å². The van der Waals surface area contributed by atoms with Crippen molar-refractivity contribution in [3.05, 3.63) is 56.3 Å². The summed E-state index contributed by atoms with van der Waals surface area (Å²) in [5, 5.41) is 8.87. The Labute approximate surface area is 128 Å². The number of hydrogen-bond donors (Lipinski definition) is 1. The highest BCUT2D eigenvalue weighted by Gasteiger charge is 2.04. The minimum Gasteiger partial charge on any atom is -0.492 e. The molecule has 104 valence electrons. The number of nitrogens with zero attached hydrogens (tertiary/aromatic N) is 2. The van der Waals surface area contributed by atoms with E-state index in [1.807, 2.05) is 22.6 Å². The van der Waals surface area contributed by atoms with Gasteiger partial charge in [0.05, 0.1) is 22.0 Å². The molecule has 0 aliphatic rings. The number of aromatic nitrogens is 2. The van der Waals surface area contributed by atoms with Crippen molar-refractivity contribution in [2.75, 3.05) is 6.61 Å². The molecule has 2 rings (SSSR count). The van der Waals surface area contributed by atoms with Gasteiger partial charge in [-0.1, -0.05) is 6.07 Å². The first-order valence-electron chi connectivity index (χ1n) is 5.74. The monoisotopic (exact) mass is 386 g/mol. The van der Waals surface area contributed by atoms with Crippen LogP contribution in [-0.2, 0) is 6.54 Å². The summed E-state index contributed by atoms with van der Waals surface area (Å²) in [5.41, 5.74) is 0.0408. The van der Waals surface area contributed by atoms with E-state index in [0.717, 1.165) is 0 Å². The zero-order chi connectivity index (χ0) is 14.5. The normalized spacial score (nSPS) is 10.2. The number of aromatic carboxylic acids is 1. The second-order valence-electron chi connectivity index (χ2n) is 3.92. The smallest absolute Gasteiger partial charge is 0.335 e. The predicted molar refractivity (Wildman–Crippen MR) is 80.1 cm³/mol. The van der Waals surface area contributed by atoms with E-state index < -0.39 is 5.97 Å². The Kier molecular flexibility index (Phi) is 4.72. The van der Waals surface area contributed by atoms with Gasteiger partial charge in [0.1, 0.15) is 12.4 Å².